The van der Waals surface area contributed by atoms with E-state index in [1.54, 1.807) is 0 Å². The van der Waals surface area contributed by atoms with Gasteiger partial charge in [-0.1, -0.05) is 91.1 Å². The minimum Gasteiger partial charge on any atom is -0.463 e. The third kappa shape index (κ3) is 12.4. The number of carbonyl (C=O) groups excluding carboxylic acids is 4. The van der Waals surface area contributed by atoms with E-state index in [2.05, 4.69) is 22.3 Å². The van der Waals surface area contributed by atoms with Crippen LogP contribution in [0.25, 0.3) is 0 Å². The first kappa shape index (κ1) is 45.7. The molecule has 3 fully saturated rings. The van der Waals surface area contributed by atoms with E-state index >= 15 is 0 Å². The molecule has 16 heteroatoms. The summed E-state index contributed by atoms with van der Waals surface area (Å²) in [5.41, 5.74) is 4.51. The van der Waals surface area contributed by atoms with Gasteiger partial charge in [-0.05, 0) is 28.7 Å². The van der Waals surface area contributed by atoms with Crippen LogP contribution in [0.15, 0.2) is 78.9 Å². The number of thiocarbonyl (C=S) groups is 1. The van der Waals surface area contributed by atoms with Crippen LogP contribution in [0.3, 0.4) is 0 Å². The zero-order chi connectivity index (χ0) is 43.6. The largest absolute Gasteiger partial charge is 0.463 e. The Balaban J connectivity index is 1.18. The summed E-state index contributed by atoms with van der Waals surface area (Å²) in [5.74, 6) is -2.89. The van der Waals surface area contributed by atoms with Crippen LogP contribution in [-0.2, 0) is 65.5 Å². The van der Waals surface area contributed by atoms with E-state index in [4.69, 9.17) is 45.4 Å². The van der Waals surface area contributed by atoms with Gasteiger partial charge in [-0.2, -0.15) is 0 Å². The van der Waals surface area contributed by atoms with Gasteiger partial charge in [0.15, 0.2) is 24.6 Å². The lowest BCUT2D eigenvalue weighted by atomic mass is 9.83. The number of ether oxygens (including phenoxy) is 7. The first-order valence-electron chi connectivity index (χ1n) is 20.4. The van der Waals surface area contributed by atoms with Gasteiger partial charge in [0.1, 0.15) is 18.8 Å². The second-order valence-electron chi connectivity index (χ2n) is 15.6. The molecule has 328 valence electrons. The molecule has 3 aromatic carbocycles. The summed E-state index contributed by atoms with van der Waals surface area (Å²) in [4.78, 5) is 50.9. The Bertz CT molecular complexity index is 1970. The molecular weight excluding hydrogens is 809 g/mol. The maximum absolute atomic E-state index is 12.3. The van der Waals surface area contributed by atoms with Gasteiger partial charge in [0.05, 0.1) is 29.9 Å². The predicted molar refractivity (Wildman–Crippen MR) is 223 cm³/mol. The number of carbonyl (C=O) groups is 4. The number of benzene rings is 3. The quantitative estimate of drug-likeness (QED) is 0.112. The Morgan fingerprint density at radius 3 is 1.92 bits per heavy atom. The van der Waals surface area contributed by atoms with Crippen LogP contribution in [-0.4, -0.2) is 113 Å². The van der Waals surface area contributed by atoms with Crippen molar-refractivity contribution in [1.82, 2.24) is 10.2 Å². The number of aliphatic hydroxyl groups excluding tert-OH is 2. The van der Waals surface area contributed by atoms with E-state index in [9.17, 15) is 29.4 Å². The van der Waals surface area contributed by atoms with Crippen LogP contribution in [0.1, 0.15) is 86.7 Å². The molecule has 0 aromatic heterocycles. The molecule has 10 unspecified atom stereocenters. The Hall–Kier alpha value is -4.81. The van der Waals surface area contributed by atoms with Crippen LogP contribution in [0.5, 0.6) is 0 Å². The molecule has 10 atom stereocenters. The zero-order valence-corrected chi connectivity index (χ0v) is 35.5. The molecular formula is C45H54N2O13S. The van der Waals surface area contributed by atoms with Gasteiger partial charge in [0.2, 0.25) is 0 Å². The highest BCUT2D eigenvalue weighted by atomic mass is 32.1. The van der Waals surface area contributed by atoms with Crippen LogP contribution >= 0.6 is 12.2 Å². The Kier molecular flexibility index (Phi) is 16.0. The number of rotatable bonds is 15. The maximum Gasteiger partial charge on any atom is 0.303 e. The van der Waals surface area contributed by atoms with E-state index in [0.29, 0.717) is 31.0 Å². The van der Waals surface area contributed by atoms with Crippen LogP contribution in [0, 0.1) is 0 Å². The fourth-order valence-electron chi connectivity index (χ4n) is 8.13. The van der Waals surface area contributed by atoms with Crippen molar-refractivity contribution < 1.29 is 62.5 Å². The normalized spacial score (nSPS) is 27.7. The van der Waals surface area contributed by atoms with E-state index in [0.717, 1.165) is 41.3 Å². The number of nitrogens with zero attached hydrogens (tertiary/aromatic N) is 1. The SMILES string of the molecule is CC(=O)OCC1OC(CC(=S)NCc2ccc(C3OC(CN4CCC(O)C4)C(c4ccccc4)C(c4ccc(CO)cc4)O3)cc2)C(OC(C)=O)C(OC(C)=O)C1OC(C)=O. The summed E-state index contributed by atoms with van der Waals surface area (Å²) >= 11 is 5.72. The second kappa shape index (κ2) is 21.3. The lowest BCUT2D eigenvalue weighted by Gasteiger charge is -2.44. The number of aliphatic hydroxyl groups is 2. The van der Waals surface area contributed by atoms with Gasteiger partial charge in [-0.3, -0.25) is 24.1 Å². The Morgan fingerprint density at radius 1 is 0.721 bits per heavy atom. The summed E-state index contributed by atoms with van der Waals surface area (Å²) < 4.78 is 41.7. The van der Waals surface area contributed by atoms with Crippen molar-refractivity contribution in [1.29, 1.82) is 0 Å². The highest BCUT2D eigenvalue weighted by Gasteiger charge is 2.52. The van der Waals surface area contributed by atoms with Gasteiger partial charge in [0, 0.05) is 71.8 Å². The molecule has 3 aliphatic heterocycles. The molecule has 61 heavy (non-hydrogen) atoms. The molecule has 0 bridgehead atoms. The van der Waals surface area contributed by atoms with E-state index in [1.165, 1.54) is 20.8 Å². The van der Waals surface area contributed by atoms with Gasteiger partial charge in [-0.15, -0.1) is 0 Å². The average molecular weight is 863 g/mol. The third-order valence-electron chi connectivity index (χ3n) is 10.9. The predicted octanol–water partition coefficient (Wildman–Crippen LogP) is 4.12. The molecule has 3 saturated heterocycles. The molecule has 0 saturated carbocycles. The molecule has 3 N–H and O–H groups in total. The minimum atomic E-state index is -1.28. The zero-order valence-electron chi connectivity index (χ0n) is 34.7. The topological polar surface area (TPSA) is 189 Å². The summed E-state index contributed by atoms with van der Waals surface area (Å²) in [6.45, 7) is 6.58. The van der Waals surface area contributed by atoms with Crippen molar-refractivity contribution in [3.63, 3.8) is 0 Å². The second-order valence-corrected chi connectivity index (χ2v) is 16.1. The number of nitrogens with one attached hydrogen (secondary N) is 1. The lowest BCUT2D eigenvalue weighted by molar-refractivity contribution is -0.263. The first-order chi connectivity index (χ1) is 29.3. The van der Waals surface area contributed by atoms with Gasteiger partial charge < -0.3 is 48.7 Å². The molecule has 0 radical (unpaired) electrons. The standard InChI is InChI=1S/C45H54N2O13S/c1-26(49)54-25-38-43(56-28(3)51)44(57-29(4)52)42(55-27(2)50)36(58-38)20-39(61)46-21-30-10-16-34(17-11-30)45-59-37(23-47-19-18-35(53)22-47)40(32-8-6-5-7-9-32)41(60-45)33-14-12-31(24-48)13-15-33/h5-17,35-38,40-45,48,53H,18-25H2,1-4H3,(H,46,61). The monoisotopic (exact) mass is 862 g/mol. The molecule has 3 heterocycles. The molecule has 0 aliphatic carbocycles. The summed E-state index contributed by atoms with van der Waals surface area (Å²) in [7, 11) is 0. The molecule has 3 aromatic rings. The maximum atomic E-state index is 12.3. The fraction of sp³-hybridized carbons (Fsp3) is 0.489. The third-order valence-corrected chi connectivity index (χ3v) is 11.2. The average Bonchev–Trinajstić information content (AvgIpc) is 3.65. The summed E-state index contributed by atoms with van der Waals surface area (Å²) in [6, 6.07) is 25.7. The van der Waals surface area contributed by atoms with Crippen molar-refractivity contribution in [2.45, 2.75) is 115 Å². The number of β-amino-alcohol motifs (C(OH)–C–C–N with tert-alkyl or cyclic N) is 1. The lowest BCUT2D eigenvalue weighted by Crippen LogP contribution is -2.62. The van der Waals surface area contributed by atoms with Crippen molar-refractivity contribution in [3.8, 4) is 0 Å². The molecule has 6 rings (SSSR count). The number of esters is 4. The van der Waals surface area contributed by atoms with Crippen LogP contribution < -0.4 is 5.32 Å². The van der Waals surface area contributed by atoms with Gasteiger partial charge >= 0.3 is 23.9 Å². The van der Waals surface area contributed by atoms with E-state index < -0.39 is 60.7 Å². The van der Waals surface area contributed by atoms with Crippen molar-refractivity contribution in [2.24, 2.45) is 0 Å². The molecule has 15 nitrogen and oxygen atoms in total. The van der Waals surface area contributed by atoms with Crippen LogP contribution in [0.2, 0.25) is 0 Å². The highest BCUT2D eigenvalue weighted by Crippen LogP contribution is 2.47. The number of hydrogen-bond donors (Lipinski definition) is 3. The Labute approximate surface area is 360 Å². The number of likely N-dealkylation sites (tertiary alicyclic amines) is 1. The summed E-state index contributed by atoms with van der Waals surface area (Å²) in [5, 5.41) is 23.3. The van der Waals surface area contributed by atoms with Gasteiger partial charge in [-0.25, -0.2) is 0 Å². The molecule has 3 aliphatic rings. The molecule has 0 spiro atoms. The van der Waals surface area contributed by atoms with Gasteiger partial charge in [0.25, 0.3) is 0 Å². The van der Waals surface area contributed by atoms with E-state index in [1.807, 2.05) is 66.7 Å². The summed E-state index contributed by atoms with van der Waals surface area (Å²) in [6.07, 6.45) is -6.87. The van der Waals surface area contributed by atoms with Crippen molar-refractivity contribution in [3.05, 3.63) is 107 Å². The molecule has 0 amide bonds. The van der Waals surface area contributed by atoms with E-state index in [-0.39, 0.29) is 43.9 Å². The highest BCUT2D eigenvalue weighted by molar-refractivity contribution is 7.80. The minimum absolute atomic E-state index is 0.00886. The fourth-order valence-corrected chi connectivity index (χ4v) is 8.36. The van der Waals surface area contributed by atoms with Crippen molar-refractivity contribution >= 4 is 41.1 Å². The Morgan fingerprint density at radius 2 is 1.33 bits per heavy atom. The smallest absolute Gasteiger partial charge is 0.303 e. The first-order valence-corrected chi connectivity index (χ1v) is 20.8. The van der Waals surface area contributed by atoms with Crippen LogP contribution in [0.4, 0.5) is 0 Å². The number of hydrogen-bond acceptors (Lipinski definition) is 15. The van der Waals surface area contributed by atoms with Crippen molar-refractivity contribution in [2.75, 3.05) is 26.2 Å².